The summed E-state index contributed by atoms with van der Waals surface area (Å²) in [5.74, 6) is -0.276. The van der Waals surface area contributed by atoms with Crippen LogP contribution in [0.15, 0.2) is 42.6 Å². The van der Waals surface area contributed by atoms with E-state index >= 15 is 0 Å². The van der Waals surface area contributed by atoms with E-state index in [4.69, 9.17) is 23.2 Å². The first-order chi connectivity index (χ1) is 12.1. The Bertz CT molecular complexity index is 1040. The van der Waals surface area contributed by atoms with Crippen molar-refractivity contribution in [3.63, 3.8) is 0 Å². The van der Waals surface area contributed by atoms with Crippen molar-refractivity contribution in [1.29, 1.82) is 0 Å². The number of fused-ring (bicyclic) bond motifs is 2. The zero-order chi connectivity index (χ0) is 17.6. The number of benzene rings is 2. The predicted octanol–water partition coefficient (Wildman–Crippen LogP) is 3.70. The Morgan fingerprint density at radius 2 is 1.64 bits per heavy atom. The number of nitrogens with zero attached hydrogens (tertiary/aromatic N) is 3. The highest BCUT2D eigenvalue weighted by atomic mass is 35.5. The standard InChI is InChI=1S/C17H8Cl2N4O2/c18-11-7-10-13(15(14(11)19)21-12-5-6-20-23-22-12)17(25)9-4-2-1-3-8(9)16(10)24/h1-7H,(H,20,21,22). The lowest BCUT2D eigenvalue weighted by Gasteiger charge is -2.22. The maximum absolute atomic E-state index is 13.0. The van der Waals surface area contributed by atoms with Crippen LogP contribution >= 0.6 is 23.2 Å². The van der Waals surface area contributed by atoms with Crippen molar-refractivity contribution in [2.75, 3.05) is 5.32 Å². The molecule has 1 heterocycles. The fourth-order valence-electron chi connectivity index (χ4n) is 2.75. The second-order valence-electron chi connectivity index (χ2n) is 5.30. The van der Waals surface area contributed by atoms with Crippen LogP contribution in [0.5, 0.6) is 0 Å². The fourth-order valence-corrected chi connectivity index (χ4v) is 3.15. The molecule has 1 aliphatic carbocycles. The second-order valence-corrected chi connectivity index (χ2v) is 6.09. The fraction of sp³-hybridized carbons (Fsp3) is 0. The summed E-state index contributed by atoms with van der Waals surface area (Å²) >= 11 is 12.5. The molecule has 0 saturated carbocycles. The van der Waals surface area contributed by atoms with Gasteiger partial charge in [-0.2, -0.15) is 0 Å². The SMILES string of the molecule is O=C1c2ccccc2C(=O)c2c1cc(Cl)c(Cl)c2Nc1ccnnn1. The van der Waals surface area contributed by atoms with Gasteiger partial charge in [0.15, 0.2) is 17.4 Å². The van der Waals surface area contributed by atoms with Gasteiger partial charge >= 0.3 is 0 Å². The summed E-state index contributed by atoms with van der Waals surface area (Å²) in [5, 5.41) is 14.1. The van der Waals surface area contributed by atoms with E-state index in [0.29, 0.717) is 16.9 Å². The molecule has 0 amide bonds. The summed E-state index contributed by atoms with van der Waals surface area (Å²) in [4.78, 5) is 25.8. The van der Waals surface area contributed by atoms with Crippen molar-refractivity contribution in [3.8, 4) is 0 Å². The molecule has 0 fully saturated rings. The number of carbonyl (C=O) groups is 2. The zero-order valence-electron chi connectivity index (χ0n) is 12.5. The molecule has 6 nitrogen and oxygen atoms in total. The van der Waals surface area contributed by atoms with Gasteiger partial charge in [0.2, 0.25) is 0 Å². The quantitative estimate of drug-likeness (QED) is 0.578. The first kappa shape index (κ1) is 15.7. The van der Waals surface area contributed by atoms with Gasteiger partial charge in [0.1, 0.15) is 0 Å². The molecule has 0 saturated heterocycles. The molecule has 2 aromatic carbocycles. The van der Waals surface area contributed by atoms with Gasteiger partial charge in [0.25, 0.3) is 0 Å². The average Bonchev–Trinajstić information content (AvgIpc) is 2.64. The highest BCUT2D eigenvalue weighted by Gasteiger charge is 2.33. The zero-order valence-corrected chi connectivity index (χ0v) is 14.0. The highest BCUT2D eigenvalue weighted by molar-refractivity contribution is 6.46. The van der Waals surface area contributed by atoms with Crippen LogP contribution in [0.3, 0.4) is 0 Å². The number of rotatable bonds is 2. The lowest BCUT2D eigenvalue weighted by atomic mass is 9.83. The molecule has 25 heavy (non-hydrogen) atoms. The maximum atomic E-state index is 13.0. The lowest BCUT2D eigenvalue weighted by Crippen LogP contribution is -2.22. The molecular formula is C17H8Cl2N4O2. The van der Waals surface area contributed by atoms with Crippen LogP contribution in [-0.2, 0) is 0 Å². The van der Waals surface area contributed by atoms with E-state index in [1.807, 2.05) is 0 Å². The van der Waals surface area contributed by atoms with Crippen LogP contribution in [0, 0.1) is 0 Å². The first-order valence-electron chi connectivity index (χ1n) is 7.19. The molecule has 1 N–H and O–H groups in total. The molecule has 0 aliphatic heterocycles. The maximum Gasteiger partial charge on any atom is 0.196 e. The third-order valence-electron chi connectivity index (χ3n) is 3.86. The number of hydrogen-bond donors (Lipinski definition) is 1. The van der Waals surface area contributed by atoms with Crippen molar-refractivity contribution in [3.05, 3.63) is 74.9 Å². The summed E-state index contributed by atoms with van der Waals surface area (Å²) in [6.07, 6.45) is 1.43. The van der Waals surface area contributed by atoms with Gasteiger partial charge < -0.3 is 5.32 Å². The Labute approximate surface area is 151 Å². The van der Waals surface area contributed by atoms with Crippen LogP contribution in [0.4, 0.5) is 11.5 Å². The molecular weight excluding hydrogens is 363 g/mol. The summed E-state index contributed by atoms with van der Waals surface area (Å²) in [6.45, 7) is 0. The number of halogens is 2. The molecule has 4 rings (SSSR count). The summed E-state index contributed by atoms with van der Waals surface area (Å²) < 4.78 is 0. The summed E-state index contributed by atoms with van der Waals surface area (Å²) in [7, 11) is 0. The minimum Gasteiger partial charge on any atom is -0.337 e. The molecule has 122 valence electrons. The molecule has 0 spiro atoms. The van der Waals surface area contributed by atoms with Gasteiger partial charge in [-0.05, 0) is 11.3 Å². The van der Waals surface area contributed by atoms with E-state index in [9.17, 15) is 9.59 Å². The van der Waals surface area contributed by atoms with Gasteiger partial charge in [0.05, 0.1) is 27.5 Å². The third-order valence-corrected chi connectivity index (χ3v) is 4.65. The Hall–Kier alpha value is -2.83. The predicted molar refractivity (Wildman–Crippen MR) is 92.9 cm³/mol. The molecule has 1 aromatic heterocycles. The average molecular weight is 371 g/mol. The number of aromatic nitrogens is 3. The largest absolute Gasteiger partial charge is 0.337 e. The molecule has 1 aliphatic rings. The van der Waals surface area contributed by atoms with Gasteiger partial charge in [-0.25, -0.2) is 0 Å². The van der Waals surface area contributed by atoms with E-state index in [1.54, 1.807) is 30.3 Å². The van der Waals surface area contributed by atoms with Gasteiger partial charge in [-0.3, -0.25) is 9.59 Å². The number of anilines is 2. The van der Waals surface area contributed by atoms with Crippen LogP contribution in [0.1, 0.15) is 31.8 Å². The van der Waals surface area contributed by atoms with Crippen molar-refractivity contribution < 1.29 is 9.59 Å². The van der Waals surface area contributed by atoms with Crippen LogP contribution < -0.4 is 5.32 Å². The van der Waals surface area contributed by atoms with Crippen molar-refractivity contribution in [1.82, 2.24) is 15.4 Å². The van der Waals surface area contributed by atoms with Crippen LogP contribution in [-0.4, -0.2) is 27.0 Å². The lowest BCUT2D eigenvalue weighted by molar-refractivity contribution is 0.0979. The number of nitrogens with one attached hydrogen (secondary N) is 1. The molecule has 0 unspecified atom stereocenters. The minimum atomic E-state index is -0.312. The molecule has 0 radical (unpaired) electrons. The smallest absolute Gasteiger partial charge is 0.196 e. The van der Waals surface area contributed by atoms with E-state index < -0.39 is 0 Å². The Balaban J connectivity index is 1.96. The van der Waals surface area contributed by atoms with E-state index in [0.717, 1.165) is 0 Å². The highest BCUT2D eigenvalue weighted by Crippen LogP contribution is 2.41. The molecule has 0 atom stereocenters. The number of hydrogen-bond acceptors (Lipinski definition) is 6. The Kier molecular flexibility index (Phi) is 3.71. The Morgan fingerprint density at radius 3 is 2.32 bits per heavy atom. The molecule has 0 bridgehead atoms. The molecule has 8 heteroatoms. The van der Waals surface area contributed by atoms with Gasteiger partial charge in [-0.15, -0.1) is 10.2 Å². The summed E-state index contributed by atoms with van der Waals surface area (Å²) in [5.41, 5.74) is 1.24. The Morgan fingerprint density at radius 1 is 0.920 bits per heavy atom. The van der Waals surface area contributed by atoms with E-state index in [2.05, 4.69) is 20.7 Å². The van der Waals surface area contributed by atoms with Gasteiger partial charge in [-0.1, -0.05) is 47.5 Å². The van der Waals surface area contributed by atoms with Gasteiger partial charge in [0, 0.05) is 22.8 Å². The van der Waals surface area contributed by atoms with Crippen LogP contribution in [0.25, 0.3) is 0 Å². The first-order valence-corrected chi connectivity index (χ1v) is 7.95. The van der Waals surface area contributed by atoms with E-state index in [1.165, 1.54) is 12.3 Å². The van der Waals surface area contributed by atoms with Crippen molar-refractivity contribution in [2.45, 2.75) is 0 Å². The third kappa shape index (κ3) is 2.47. The van der Waals surface area contributed by atoms with E-state index in [-0.39, 0.29) is 38.4 Å². The normalized spacial score (nSPS) is 12.6. The van der Waals surface area contributed by atoms with Crippen molar-refractivity contribution >= 4 is 46.3 Å². The monoisotopic (exact) mass is 370 g/mol. The summed E-state index contributed by atoms with van der Waals surface area (Å²) in [6, 6.07) is 9.60. The number of ketones is 2. The van der Waals surface area contributed by atoms with Crippen LogP contribution in [0.2, 0.25) is 10.0 Å². The van der Waals surface area contributed by atoms with Crippen molar-refractivity contribution in [2.24, 2.45) is 0 Å². The topological polar surface area (TPSA) is 84.8 Å². The second kappa shape index (κ2) is 5.91. The molecule has 3 aromatic rings. The number of carbonyl (C=O) groups excluding carboxylic acids is 2. The minimum absolute atomic E-state index is 0.125.